The number of nitrogens with zero attached hydrogens (tertiary/aromatic N) is 2. The molecule has 1 aliphatic rings. The van der Waals surface area contributed by atoms with Crippen LogP contribution < -0.4 is 5.32 Å². The number of halogens is 1. The molecule has 4 nitrogen and oxygen atoms in total. The average Bonchev–Trinajstić information content (AvgIpc) is 2.73. The molecule has 2 unspecified atom stereocenters. The molecular weight excluding hydrogens is 226 g/mol. The van der Waals surface area contributed by atoms with E-state index in [1.165, 1.54) is 6.42 Å². The normalized spacial score (nSPS) is 25.6. The van der Waals surface area contributed by atoms with Gasteiger partial charge in [-0.3, -0.25) is 0 Å². The highest BCUT2D eigenvalue weighted by atomic mass is 35.5. The third-order valence-electron chi connectivity index (χ3n) is 3.08. The van der Waals surface area contributed by atoms with Crippen molar-refractivity contribution in [3.63, 3.8) is 0 Å². The molecule has 1 fully saturated rings. The lowest BCUT2D eigenvalue weighted by atomic mass is 9.92. The van der Waals surface area contributed by atoms with Crippen LogP contribution in [-0.2, 0) is 0 Å². The second-order valence-corrected chi connectivity index (χ2v) is 5.96. The van der Waals surface area contributed by atoms with Crippen LogP contribution in [0.1, 0.15) is 51.3 Å². The van der Waals surface area contributed by atoms with E-state index in [2.05, 4.69) is 29.4 Å². The number of alkyl halides is 1. The minimum Gasteiger partial charge on any atom is -0.406 e. The lowest BCUT2D eigenvalue weighted by Crippen LogP contribution is -2.17. The topological polar surface area (TPSA) is 51.0 Å². The Bertz CT molecular complexity index is 362. The summed E-state index contributed by atoms with van der Waals surface area (Å²) >= 11 is 5.85. The van der Waals surface area contributed by atoms with Gasteiger partial charge in [0.2, 0.25) is 5.89 Å². The lowest BCUT2D eigenvalue weighted by Gasteiger charge is -2.16. The van der Waals surface area contributed by atoms with Crippen molar-refractivity contribution in [2.75, 3.05) is 5.32 Å². The highest BCUT2D eigenvalue weighted by Crippen LogP contribution is 2.38. The molecule has 0 aromatic carbocycles. The van der Waals surface area contributed by atoms with Crippen molar-refractivity contribution < 1.29 is 4.42 Å². The van der Waals surface area contributed by atoms with E-state index in [9.17, 15) is 0 Å². The maximum Gasteiger partial charge on any atom is 0.315 e. The van der Waals surface area contributed by atoms with E-state index in [1.54, 1.807) is 0 Å². The van der Waals surface area contributed by atoms with Gasteiger partial charge in [-0.1, -0.05) is 18.9 Å². The molecular formula is C11H18ClN3O. The standard InChI is InChI=1S/C11H18ClN3O/c1-7(12)9-14-15-10(16-9)13-8-4-5-11(2,3)6-8/h7-8H,4-6H2,1-3H3,(H,13,15). The Kier molecular flexibility index (Phi) is 3.10. The Balaban J connectivity index is 1.94. The molecule has 2 rings (SSSR count). The van der Waals surface area contributed by atoms with Crippen LogP contribution in [-0.4, -0.2) is 16.2 Å². The molecule has 1 aromatic heterocycles. The summed E-state index contributed by atoms with van der Waals surface area (Å²) < 4.78 is 5.41. The summed E-state index contributed by atoms with van der Waals surface area (Å²) in [5, 5.41) is 10.9. The van der Waals surface area contributed by atoms with E-state index in [4.69, 9.17) is 16.0 Å². The second-order valence-electron chi connectivity index (χ2n) is 5.31. The molecule has 1 N–H and O–H groups in total. The van der Waals surface area contributed by atoms with E-state index in [1.807, 2.05) is 6.92 Å². The van der Waals surface area contributed by atoms with Gasteiger partial charge in [0.05, 0.1) is 0 Å². The van der Waals surface area contributed by atoms with E-state index in [0.29, 0.717) is 23.4 Å². The zero-order chi connectivity index (χ0) is 11.8. The number of hydrogen-bond donors (Lipinski definition) is 1. The van der Waals surface area contributed by atoms with Gasteiger partial charge in [-0.15, -0.1) is 16.7 Å². The van der Waals surface area contributed by atoms with Gasteiger partial charge in [-0.2, -0.15) is 0 Å². The van der Waals surface area contributed by atoms with Crippen LogP contribution in [0.2, 0.25) is 0 Å². The van der Waals surface area contributed by atoms with Crippen molar-refractivity contribution in [2.24, 2.45) is 5.41 Å². The van der Waals surface area contributed by atoms with Crippen molar-refractivity contribution in [3.8, 4) is 0 Å². The van der Waals surface area contributed by atoms with Crippen LogP contribution >= 0.6 is 11.6 Å². The quantitative estimate of drug-likeness (QED) is 0.827. The maximum atomic E-state index is 5.85. The Morgan fingerprint density at radius 3 is 2.75 bits per heavy atom. The van der Waals surface area contributed by atoms with Gasteiger partial charge in [-0.05, 0) is 31.6 Å². The molecule has 0 amide bonds. The zero-order valence-electron chi connectivity index (χ0n) is 9.96. The minimum absolute atomic E-state index is 0.233. The predicted octanol–water partition coefficient (Wildman–Crippen LogP) is 3.36. The van der Waals surface area contributed by atoms with E-state index in [-0.39, 0.29) is 5.38 Å². The van der Waals surface area contributed by atoms with Crippen LogP contribution in [0.15, 0.2) is 4.42 Å². The molecule has 0 spiro atoms. The Morgan fingerprint density at radius 1 is 1.50 bits per heavy atom. The van der Waals surface area contributed by atoms with Crippen molar-refractivity contribution in [1.82, 2.24) is 10.2 Å². The van der Waals surface area contributed by atoms with Crippen LogP contribution in [0.3, 0.4) is 0 Å². The predicted molar refractivity (Wildman–Crippen MR) is 63.6 cm³/mol. The molecule has 1 heterocycles. The minimum atomic E-state index is -0.233. The Labute approximate surface area is 101 Å². The third-order valence-corrected chi connectivity index (χ3v) is 3.26. The zero-order valence-corrected chi connectivity index (χ0v) is 10.7. The summed E-state index contributed by atoms with van der Waals surface area (Å²) in [6.45, 7) is 6.39. The third kappa shape index (κ3) is 2.67. The molecule has 1 aromatic rings. The van der Waals surface area contributed by atoms with Crippen LogP contribution in [0.25, 0.3) is 0 Å². The summed E-state index contributed by atoms with van der Waals surface area (Å²) in [5.74, 6) is 0.474. The van der Waals surface area contributed by atoms with Crippen LogP contribution in [0.4, 0.5) is 6.01 Å². The number of anilines is 1. The summed E-state index contributed by atoms with van der Waals surface area (Å²) in [5.41, 5.74) is 0.417. The molecule has 0 saturated heterocycles. The van der Waals surface area contributed by atoms with Crippen molar-refractivity contribution >= 4 is 17.6 Å². The first kappa shape index (κ1) is 11.7. The van der Waals surface area contributed by atoms with Gasteiger partial charge >= 0.3 is 6.01 Å². The maximum absolute atomic E-state index is 5.85. The van der Waals surface area contributed by atoms with Crippen LogP contribution in [0, 0.1) is 5.41 Å². The van der Waals surface area contributed by atoms with Gasteiger partial charge < -0.3 is 9.73 Å². The fraction of sp³-hybridized carbons (Fsp3) is 0.818. The number of aromatic nitrogens is 2. The lowest BCUT2D eigenvalue weighted by molar-refractivity contribution is 0.377. The Morgan fingerprint density at radius 2 is 2.25 bits per heavy atom. The van der Waals surface area contributed by atoms with Crippen molar-refractivity contribution in [2.45, 2.75) is 51.5 Å². The first-order chi connectivity index (χ1) is 7.46. The first-order valence-corrected chi connectivity index (χ1v) is 6.14. The fourth-order valence-corrected chi connectivity index (χ4v) is 2.28. The molecule has 2 atom stereocenters. The van der Waals surface area contributed by atoms with Crippen LogP contribution in [0.5, 0.6) is 0 Å². The molecule has 0 radical (unpaired) electrons. The molecule has 5 heteroatoms. The fourth-order valence-electron chi connectivity index (χ4n) is 2.19. The summed E-state index contributed by atoms with van der Waals surface area (Å²) in [6, 6.07) is 0.930. The molecule has 1 saturated carbocycles. The van der Waals surface area contributed by atoms with Gasteiger partial charge in [0.1, 0.15) is 5.38 Å². The van der Waals surface area contributed by atoms with Crippen molar-refractivity contribution in [1.29, 1.82) is 0 Å². The number of nitrogens with one attached hydrogen (secondary N) is 1. The second kappa shape index (κ2) is 4.24. The summed E-state index contributed by atoms with van der Waals surface area (Å²) in [6.07, 6.45) is 3.53. The number of rotatable bonds is 3. The molecule has 90 valence electrons. The van der Waals surface area contributed by atoms with E-state index < -0.39 is 0 Å². The van der Waals surface area contributed by atoms with Gasteiger partial charge in [-0.25, -0.2) is 0 Å². The van der Waals surface area contributed by atoms with Crippen molar-refractivity contribution in [3.05, 3.63) is 5.89 Å². The van der Waals surface area contributed by atoms with Gasteiger partial charge in [0, 0.05) is 6.04 Å². The highest BCUT2D eigenvalue weighted by molar-refractivity contribution is 6.20. The van der Waals surface area contributed by atoms with E-state index in [0.717, 1.165) is 12.8 Å². The smallest absolute Gasteiger partial charge is 0.315 e. The molecule has 16 heavy (non-hydrogen) atoms. The monoisotopic (exact) mass is 243 g/mol. The largest absolute Gasteiger partial charge is 0.406 e. The Hall–Kier alpha value is -0.770. The molecule has 1 aliphatic carbocycles. The highest BCUT2D eigenvalue weighted by Gasteiger charge is 2.31. The summed E-state index contributed by atoms with van der Waals surface area (Å²) in [4.78, 5) is 0. The molecule has 0 aliphatic heterocycles. The van der Waals surface area contributed by atoms with Gasteiger partial charge in [0.15, 0.2) is 0 Å². The van der Waals surface area contributed by atoms with E-state index >= 15 is 0 Å². The first-order valence-electron chi connectivity index (χ1n) is 5.70. The molecule has 0 bridgehead atoms. The van der Waals surface area contributed by atoms with Gasteiger partial charge in [0.25, 0.3) is 0 Å². The average molecular weight is 244 g/mol. The SMILES string of the molecule is CC(Cl)c1nnc(NC2CCC(C)(C)C2)o1. The number of hydrogen-bond acceptors (Lipinski definition) is 4. The summed E-state index contributed by atoms with van der Waals surface area (Å²) in [7, 11) is 0.